The third-order valence-corrected chi connectivity index (χ3v) is 3.47. The van der Waals surface area contributed by atoms with Gasteiger partial charge in [-0.05, 0) is 42.8 Å². The molecule has 0 spiro atoms. The molecule has 4 nitrogen and oxygen atoms in total. The monoisotopic (exact) mass is 356 g/mol. The Kier molecular flexibility index (Phi) is 7.18. The maximum atomic E-state index is 12.0. The van der Waals surface area contributed by atoms with Crippen molar-refractivity contribution in [3.63, 3.8) is 0 Å². The van der Waals surface area contributed by atoms with Gasteiger partial charge in [-0.2, -0.15) is 0 Å². The Balaban J connectivity index is 2.83. The first-order chi connectivity index (χ1) is 9.81. The molecule has 21 heavy (non-hydrogen) atoms. The highest BCUT2D eigenvalue weighted by atomic mass is 79.9. The smallest absolute Gasteiger partial charge is 0.260 e. The van der Waals surface area contributed by atoms with E-state index in [2.05, 4.69) is 40.4 Å². The van der Waals surface area contributed by atoms with Gasteiger partial charge in [-0.25, -0.2) is 0 Å². The Bertz CT molecular complexity index is 475. The molecule has 1 amide bonds. The maximum Gasteiger partial charge on any atom is 0.260 e. The molecule has 1 atom stereocenters. The van der Waals surface area contributed by atoms with Crippen LogP contribution in [0.4, 0.5) is 0 Å². The summed E-state index contributed by atoms with van der Waals surface area (Å²) in [5, 5.41) is 6.22. The quantitative estimate of drug-likeness (QED) is 0.788. The highest BCUT2D eigenvalue weighted by Gasteiger charge is 2.18. The van der Waals surface area contributed by atoms with Gasteiger partial charge in [0.25, 0.3) is 5.91 Å². The van der Waals surface area contributed by atoms with Crippen LogP contribution < -0.4 is 15.4 Å². The minimum absolute atomic E-state index is 0.102. The van der Waals surface area contributed by atoms with Crippen molar-refractivity contribution in [2.75, 3.05) is 0 Å². The van der Waals surface area contributed by atoms with E-state index in [0.29, 0.717) is 12.6 Å². The molecular formula is C16H25BrN2O2. The van der Waals surface area contributed by atoms with Gasteiger partial charge in [0.05, 0.1) is 4.47 Å². The van der Waals surface area contributed by atoms with Crippen molar-refractivity contribution < 1.29 is 9.53 Å². The van der Waals surface area contributed by atoms with Gasteiger partial charge >= 0.3 is 0 Å². The van der Waals surface area contributed by atoms with E-state index in [9.17, 15) is 4.79 Å². The van der Waals surface area contributed by atoms with Crippen LogP contribution in [0.25, 0.3) is 0 Å². The number of amides is 1. The van der Waals surface area contributed by atoms with E-state index in [1.54, 1.807) is 6.92 Å². The third kappa shape index (κ3) is 6.06. The van der Waals surface area contributed by atoms with Gasteiger partial charge in [0.2, 0.25) is 0 Å². The molecule has 0 aliphatic heterocycles. The first-order valence-electron chi connectivity index (χ1n) is 7.29. The molecule has 0 saturated heterocycles. The summed E-state index contributed by atoms with van der Waals surface area (Å²) in [6, 6.07) is 6.38. The number of halogens is 1. The summed E-state index contributed by atoms with van der Waals surface area (Å²) in [6.45, 7) is 10.5. The lowest BCUT2D eigenvalue weighted by Crippen LogP contribution is -2.40. The third-order valence-electron chi connectivity index (χ3n) is 2.84. The van der Waals surface area contributed by atoms with Crippen LogP contribution in [0.3, 0.4) is 0 Å². The van der Waals surface area contributed by atoms with Crippen LogP contribution in [0.5, 0.6) is 5.75 Å². The molecule has 0 saturated carbocycles. The molecule has 0 heterocycles. The molecule has 1 rings (SSSR count). The number of para-hydroxylation sites is 1. The molecule has 0 aliphatic rings. The van der Waals surface area contributed by atoms with E-state index in [1.807, 2.05) is 32.0 Å². The predicted octanol–water partition coefficient (Wildman–Crippen LogP) is 3.24. The summed E-state index contributed by atoms with van der Waals surface area (Å²) in [4.78, 5) is 12.0. The molecule has 0 fully saturated rings. The van der Waals surface area contributed by atoms with Crippen LogP contribution in [0.1, 0.15) is 40.2 Å². The predicted molar refractivity (Wildman–Crippen MR) is 89.5 cm³/mol. The zero-order chi connectivity index (χ0) is 16.0. The maximum absolute atomic E-state index is 12.0. The summed E-state index contributed by atoms with van der Waals surface area (Å²) in [6.07, 6.45) is -0.538. The highest BCUT2D eigenvalue weighted by Crippen LogP contribution is 2.30. The van der Waals surface area contributed by atoms with Crippen LogP contribution in [0, 0.1) is 0 Å². The minimum atomic E-state index is -0.538. The van der Waals surface area contributed by atoms with Crippen LogP contribution >= 0.6 is 15.9 Å². The standard InChI is InChI=1S/C16H25BrN2O2/c1-10(2)18-9-13-7-6-8-14(17)15(13)21-12(5)16(20)19-11(3)4/h6-8,10-12,18H,9H2,1-5H3,(H,19,20). The molecular weight excluding hydrogens is 332 g/mol. The zero-order valence-electron chi connectivity index (χ0n) is 13.4. The number of hydrogen-bond acceptors (Lipinski definition) is 3. The average molecular weight is 357 g/mol. The lowest BCUT2D eigenvalue weighted by atomic mass is 10.2. The number of rotatable bonds is 7. The van der Waals surface area contributed by atoms with Gasteiger partial charge in [-0.15, -0.1) is 0 Å². The highest BCUT2D eigenvalue weighted by molar-refractivity contribution is 9.10. The second-order valence-electron chi connectivity index (χ2n) is 5.69. The average Bonchev–Trinajstić information content (AvgIpc) is 2.38. The van der Waals surface area contributed by atoms with E-state index in [4.69, 9.17) is 4.74 Å². The fourth-order valence-corrected chi connectivity index (χ4v) is 2.27. The number of carbonyl (C=O) groups excluding carboxylic acids is 1. The largest absolute Gasteiger partial charge is 0.479 e. The summed E-state index contributed by atoms with van der Waals surface area (Å²) in [5.74, 6) is 0.612. The normalized spacial score (nSPS) is 12.6. The number of hydrogen-bond donors (Lipinski definition) is 2. The molecule has 1 aromatic rings. The van der Waals surface area contributed by atoms with Gasteiger partial charge in [0.1, 0.15) is 5.75 Å². The molecule has 1 unspecified atom stereocenters. The first kappa shape index (κ1) is 18.0. The summed E-state index contributed by atoms with van der Waals surface area (Å²) >= 11 is 3.50. The van der Waals surface area contributed by atoms with Gasteiger partial charge in [-0.3, -0.25) is 4.79 Å². The van der Waals surface area contributed by atoms with E-state index in [1.165, 1.54) is 0 Å². The summed E-state index contributed by atoms with van der Waals surface area (Å²) in [7, 11) is 0. The second-order valence-corrected chi connectivity index (χ2v) is 6.54. The van der Waals surface area contributed by atoms with E-state index >= 15 is 0 Å². The van der Waals surface area contributed by atoms with Crippen molar-refractivity contribution in [1.29, 1.82) is 0 Å². The molecule has 118 valence electrons. The minimum Gasteiger partial charge on any atom is -0.479 e. The van der Waals surface area contributed by atoms with Crippen LogP contribution in [0.2, 0.25) is 0 Å². The summed E-state index contributed by atoms with van der Waals surface area (Å²) in [5.41, 5.74) is 1.03. The van der Waals surface area contributed by atoms with Crippen molar-refractivity contribution in [3.05, 3.63) is 28.2 Å². The van der Waals surface area contributed by atoms with Gasteiger partial charge in [0.15, 0.2) is 6.10 Å². The molecule has 2 N–H and O–H groups in total. The Morgan fingerprint density at radius 1 is 1.19 bits per heavy atom. The second kappa shape index (κ2) is 8.39. The Labute approximate surface area is 135 Å². The van der Waals surface area contributed by atoms with Crippen molar-refractivity contribution in [2.24, 2.45) is 0 Å². The lowest BCUT2D eigenvalue weighted by molar-refractivity contribution is -0.127. The molecule has 0 bridgehead atoms. The number of nitrogens with one attached hydrogen (secondary N) is 2. The van der Waals surface area contributed by atoms with Crippen LogP contribution in [-0.4, -0.2) is 24.1 Å². The first-order valence-corrected chi connectivity index (χ1v) is 8.08. The molecule has 0 radical (unpaired) electrons. The van der Waals surface area contributed by atoms with E-state index in [-0.39, 0.29) is 11.9 Å². The molecule has 5 heteroatoms. The fourth-order valence-electron chi connectivity index (χ4n) is 1.77. The van der Waals surface area contributed by atoms with Crippen LogP contribution in [-0.2, 0) is 11.3 Å². The van der Waals surface area contributed by atoms with Gasteiger partial charge in [0, 0.05) is 24.2 Å². The van der Waals surface area contributed by atoms with Gasteiger partial charge in [-0.1, -0.05) is 26.0 Å². The van der Waals surface area contributed by atoms with Crippen molar-refractivity contribution in [3.8, 4) is 5.75 Å². The lowest BCUT2D eigenvalue weighted by Gasteiger charge is -2.20. The van der Waals surface area contributed by atoms with Crippen molar-refractivity contribution >= 4 is 21.8 Å². The van der Waals surface area contributed by atoms with Crippen LogP contribution in [0.15, 0.2) is 22.7 Å². The molecule has 0 aliphatic carbocycles. The molecule has 1 aromatic carbocycles. The van der Waals surface area contributed by atoms with Crippen molar-refractivity contribution in [2.45, 2.75) is 59.4 Å². The number of ether oxygens (including phenoxy) is 1. The Morgan fingerprint density at radius 2 is 1.86 bits per heavy atom. The van der Waals surface area contributed by atoms with Gasteiger partial charge < -0.3 is 15.4 Å². The van der Waals surface area contributed by atoms with E-state index in [0.717, 1.165) is 15.8 Å². The topological polar surface area (TPSA) is 50.4 Å². The summed E-state index contributed by atoms with van der Waals surface area (Å²) < 4.78 is 6.73. The van der Waals surface area contributed by atoms with E-state index < -0.39 is 6.10 Å². The van der Waals surface area contributed by atoms with Crippen molar-refractivity contribution in [1.82, 2.24) is 10.6 Å². The zero-order valence-corrected chi connectivity index (χ0v) is 15.0. The fraction of sp³-hybridized carbons (Fsp3) is 0.562. The Hall–Kier alpha value is -1.07. The Morgan fingerprint density at radius 3 is 2.43 bits per heavy atom. The number of carbonyl (C=O) groups is 1. The number of benzene rings is 1. The molecule has 0 aromatic heterocycles. The SMILES string of the molecule is CC(C)NCc1cccc(Br)c1OC(C)C(=O)NC(C)C.